The van der Waals surface area contributed by atoms with Crippen LogP contribution in [-0.4, -0.2) is 73.4 Å². The van der Waals surface area contributed by atoms with Gasteiger partial charge in [-0.15, -0.1) is 0 Å². The van der Waals surface area contributed by atoms with Gasteiger partial charge in [0.05, 0.1) is 39.9 Å². The predicted molar refractivity (Wildman–Crippen MR) is 276 cm³/mol. The lowest BCUT2D eigenvalue weighted by Gasteiger charge is -2.25. The van der Waals surface area contributed by atoms with Crippen LogP contribution < -0.4 is 5.32 Å². The Morgan fingerprint density at radius 2 is 0.953 bits per heavy atom. The van der Waals surface area contributed by atoms with E-state index in [1.807, 2.05) is 27.2 Å². The van der Waals surface area contributed by atoms with Gasteiger partial charge in [0.2, 0.25) is 5.91 Å². The number of aliphatic hydroxyl groups excluding tert-OH is 1. The van der Waals surface area contributed by atoms with E-state index in [1.165, 1.54) is 32.1 Å². The van der Waals surface area contributed by atoms with Gasteiger partial charge in [-0.3, -0.25) is 13.8 Å². The summed E-state index contributed by atoms with van der Waals surface area (Å²) < 4.78 is 23.5. The molecule has 9 heteroatoms. The Balaban J connectivity index is 4.50. The summed E-state index contributed by atoms with van der Waals surface area (Å²) in [6.07, 6.45) is 68.2. The summed E-state index contributed by atoms with van der Waals surface area (Å²) in [6, 6.07) is -0.903. The standard InChI is InChI=1S/C55H91N2O6P/c1-6-8-10-12-14-16-18-20-22-23-24-25-26-27-28-29-30-31-32-33-35-37-39-41-43-45-47-49-55(59)56-53(52-63-64(60,61)62-51-50-57(3,4)5)54(58)48-46-44-42-40-38-36-34-21-19-17-15-13-11-9-7-2/h8,10,14,16,19-22,24-25,27-28,30-31,33,35,38-41,46,48,53-54,58H,6-7,9,11-13,15,17-18,23,26,29,32,34,36-37,42-45,47,49-52H2,1-5H3,(H-,56,59,60,61)/p+1/b10-8-,16-14-,21-19+,22-20-,25-24-,28-27-,31-30-,35-33-,40-38+,41-39-,48-46+. The molecule has 0 heterocycles. The van der Waals surface area contributed by atoms with Gasteiger partial charge in [-0.1, -0.05) is 173 Å². The van der Waals surface area contributed by atoms with E-state index in [9.17, 15) is 19.4 Å². The number of allylic oxidation sites excluding steroid dienone is 21. The Labute approximate surface area is 392 Å². The topological polar surface area (TPSA) is 105 Å². The predicted octanol–water partition coefficient (Wildman–Crippen LogP) is 14.4. The maximum atomic E-state index is 12.9. The van der Waals surface area contributed by atoms with E-state index in [2.05, 4.69) is 141 Å². The van der Waals surface area contributed by atoms with Crippen LogP contribution in [0.5, 0.6) is 0 Å². The van der Waals surface area contributed by atoms with Gasteiger partial charge >= 0.3 is 7.82 Å². The molecule has 0 aromatic rings. The summed E-state index contributed by atoms with van der Waals surface area (Å²) in [4.78, 5) is 23.2. The zero-order valence-corrected chi connectivity index (χ0v) is 41.9. The highest BCUT2D eigenvalue weighted by molar-refractivity contribution is 7.47. The van der Waals surface area contributed by atoms with Crippen LogP contribution in [0.1, 0.15) is 155 Å². The van der Waals surface area contributed by atoms with Crippen molar-refractivity contribution in [2.24, 2.45) is 0 Å². The number of amides is 1. The lowest BCUT2D eigenvalue weighted by molar-refractivity contribution is -0.870. The molecular formula is C55H92N2O6P+. The van der Waals surface area contributed by atoms with Crippen molar-refractivity contribution >= 4 is 13.7 Å². The van der Waals surface area contributed by atoms with E-state index < -0.39 is 20.0 Å². The van der Waals surface area contributed by atoms with Crippen molar-refractivity contribution in [3.05, 3.63) is 134 Å². The second-order valence-electron chi connectivity index (χ2n) is 17.1. The van der Waals surface area contributed by atoms with Crippen molar-refractivity contribution < 1.29 is 32.9 Å². The molecule has 3 atom stereocenters. The molecule has 0 saturated carbocycles. The molecule has 0 aromatic carbocycles. The van der Waals surface area contributed by atoms with Gasteiger partial charge in [-0.25, -0.2) is 4.57 Å². The van der Waals surface area contributed by atoms with Gasteiger partial charge in [-0.2, -0.15) is 0 Å². The molecule has 362 valence electrons. The Morgan fingerprint density at radius 1 is 0.547 bits per heavy atom. The number of unbranched alkanes of at least 4 members (excludes halogenated alkanes) is 9. The zero-order valence-electron chi connectivity index (χ0n) is 41.0. The molecule has 0 saturated heterocycles. The molecule has 3 unspecified atom stereocenters. The first-order valence-corrected chi connectivity index (χ1v) is 26.1. The summed E-state index contributed by atoms with van der Waals surface area (Å²) in [6.45, 7) is 4.58. The molecule has 0 spiro atoms. The molecule has 0 bridgehead atoms. The summed E-state index contributed by atoms with van der Waals surface area (Å²) in [7, 11) is 1.49. The Morgan fingerprint density at radius 3 is 1.42 bits per heavy atom. The largest absolute Gasteiger partial charge is 0.472 e. The minimum Gasteiger partial charge on any atom is -0.387 e. The fourth-order valence-corrected chi connectivity index (χ4v) is 6.70. The van der Waals surface area contributed by atoms with E-state index in [0.29, 0.717) is 17.4 Å². The minimum atomic E-state index is -4.38. The molecule has 3 N–H and O–H groups in total. The third kappa shape index (κ3) is 46.6. The van der Waals surface area contributed by atoms with Crippen molar-refractivity contribution in [3.63, 3.8) is 0 Å². The quantitative estimate of drug-likeness (QED) is 0.0244. The number of hydrogen-bond acceptors (Lipinski definition) is 5. The fourth-order valence-electron chi connectivity index (χ4n) is 5.97. The van der Waals surface area contributed by atoms with Crippen molar-refractivity contribution in [2.45, 2.75) is 167 Å². The fraction of sp³-hybridized carbons (Fsp3) is 0.582. The Hall–Kier alpha value is -3.36. The number of nitrogens with zero attached hydrogens (tertiary/aromatic N) is 1. The summed E-state index contributed by atoms with van der Waals surface area (Å²) in [5, 5.41) is 13.8. The lowest BCUT2D eigenvalue weighted by atomic mass is 10.1. The van der Waals surface area contributed by atoms with Crippen molar-refractivity contribution in [1.29, 1.82) is 0 Å². The third-order valence-electron chi connectivity index (χ3n) is 9.83. The monoisotopic (exact) mass is 908 g/mol. The highest BCUT2D eigenvalue weighted by Gasteiger charge is 2.27. The molecular weight excluding hydrogens is 816 g/mol. The molecule has 1 amide bonds. The molecule has 0 aliphatic carbocycles. The van der Waals surface area contributed by atoms with Gasteiger partial charge < -0.3 is 19.8 Å². The second kappa shape index (κ2) is 44.8. The number of carbonyl (C=O) groups excluding carboxylic acids is 1. The number of rotatable bonds is 42. The molecule has 0 rings (SSSR count). The number of aliphatic hydroxyl groups is 1. The highest BCUT2D eigenvalue weighted by Crippen LogP contribution is 2.43. The molecule has 0 aromatic heterocycles. The van der Waals surface area contributed by atoms with Crippen LogP contribution in [0, 0.1) is 0 Å². The average Bonchev–Trinajstić information content (AvgIpc) is 3.25. The Bertz CT molecular complexity index is 1490. The number of nitrogens with one attached hydrogen (secondary N) is 1. The van der Waals surface area contributed by atoms with Crippen LogP contribution in [0.15, 0.2) is 134 Å². The van der Waals surface area contributed by atoms with Gasteiger partial charge in [0.15, 0.2) is 0 Å². The van der Waals surface area contributed by atoms with Crippen molar-refractivity contribution in [2.75, 3.05) is 40.9 Å². The summed E-state index contributed by atoms with van der Waals surface area (Å²) >= 11 is 0. The van der Waals surface area contributed by atoms with Crippen LogP contribution >= 0.6 is 7.82 Å². The first kappa shape index (κ1) is 60.6. The number of phosphoric acid groups is 1. The molecule has 0 aliphatic heterocycles. The van der Waals surface area contributed by atoms with Gasteiger partial charge in [-0.05, 0) is 109 Å². The second-order valence-corrected chi connectivity index (χ2v) is 18.5. The third-order valence-corrected chi connectivity index (χ3v) is 10.8. The molecule has 8 nitrogen and oxygen atoms in total. The SMILES string of the molecule is CC/C=C\C/C=C\C/C=C\C/C=C\C/C=C\C/C=C\C/C=C\C/C=C\CCCCC(=O)NC(COP(=O)(O)OCC[N+](C)(C)C)C(O)/C=C/CC/C=C/CC/C=C/CCCCCCC. The van der Waals surface area contributed by atoms with E-state index in [4.69, 9.17) is 9.05 Å². The van der Waals surface area contributed by atoms with E-state index in [1.54, 1.807) is 6.08 Å². The van der Waals surface area contributed by atoms with Crippen LogP contribution in [-0.2, 0) is 18.4 Å². The number of likely N-dealkylation sites (N-methyl/N-ethyl adjacent to an activating group) is 1. The van der Waals surface area contributed by atoms with Crippen LogP contribution in [0.3, 0.4) is 0 Å². The van der Waals surface area contributed by atoms with Gasteiger partial charge in [0.1, 0.15) is 13.2 Å². The number of hydrogen-bond donors (Lipinski definition) is 3. The number of phosphoric ester groups is 1. The summed E-state index contributed by atoms with van der Waals surface area (Å²) in [5.41, 5.74) is 0. The van der Waals surface area contributed by atoms with E-state index >= 15 is 0 Å². The van der Waals surface area contributed by atoms with Crippen molar-refractivity contribution in [1.82, 2.24) is 5.32 Å². The molecule has 0 aliphatic rings. The zero-order chi connectivity index (χ0) is 47.1. The van der Waals surface area contributed by atoms with Gasteiger partial charge in [0, 0.05) is 6.42 Å². The number of carbonyl (C=O) groups is 1. The van der Waals surface area contributed by atoms with Crippen LogP contribution in [0.25, 0.3) is 0 Å². The minimum absolute atomic E-state index is 0.0365. The maximum Gasteiger partial charge on any atom is 0.472 e. The number of quaternary nitrogens is 1. The summed E-state index contributed by atoms with van der Waals surface area (Å²) in [5.74, 6) is -0.241. The average molecular weight is 908 g/mol. The van der Waals surface area contributed by atoms with E-state index in [0.717, 1.165) is 96.3 Å². The van der Waals surface area contributed by atoms with Crippen molar-refractivity contribution in [3.8, 4) is 0 Å². The van der Waals surface area contributed by atoms with Gasteiger partial charge in [0.25, 0.3) is 0 Å². The normalized spacial score (nSPS) is 15.3. The smallest absolute Gasteiger partial charge is 0.387 e. The molecule has 64 heavy (non-hydrogen) atoms. The first-order chi connectivity index (χ1) is 31.0. The molecule has 0 fully saturated rings. The Kier molecular flexibility index (Phi) is 42.5. The van der Waals surface area contributed by atoms with Crippen LogP contribution in [0.2, 0.25) is 0 Å². The lowest BCUT2D eigenvalue weighted by Crippen LogP contribution is -2.45. The molecule has 0 radical (unpaired) electrons. The highest BCUT2D eigenvalue weighted by atomic mass is 31.2. The first-order valence-electron chi connectivity index (χ1n) is 24.6. The van der Waals surface area contributed by atoms with Crippen LogP contribution in [0.4, 0.5) is 0 Å². The maximum absolute atomic E-state index is 12.9. The van der Waals surface area contributed by atoms with E-state index in [-0.39, 0.29) is 25.5 Å².